The lowest BCUT2D eigenvalue weighted by atomic mass is 10.0. The zero-order chi connectivity index (χ0) is 13.1. The van der Waals surface area contributed by atoms with E-state index in [-0.39, 0.29) is 31.4 Å². The number of rotatable bonds is 4. The third-order valence-electron chi connectivity index (χ3n) is 3.57. The molecule has 2 aromatic rings. The molecule has 1 aliphatic heterocycles. The second-order valence-corrected chi connectivity index (χ2v) is 4.78. The fourth-order valence-electron chi connectivity index (χ4n) is 2.71. The predicted molar refractivity (Wildman–Crippen MR) is 87.0 cm³/mol. The van der Waals surface area contributed by atoms with Crippen LogP contribution in [0.1, 0.15) is 24.6 Å². The van der Waals surface area contributed by atoms with Crippen molar-refractivity contribution in [1.82, 2.24) is 20.1 Å². The molecule has 1 fully saturated rings. The second-order valence-electron chi connectivity index (χ2n) is 4.78. The molecule has 3 heterocycles. The first-order valence-electron chi connectivity index (χ1n) is 6.70. The van der Waals surface area contributed by atoms with Crippen LogP contribution in [0.25, 0.3) is 11.1 Å². The average Bonchev–Trinajstić information content (AvgIpc) is 3.08. The van der Waals surface area contributed by atoms with Crippen LogP contribution in [0, 0.1) is 0 Å². The Morgan fingerprint density at radius 2 is 2.05 bits per heavy atom. The Balaban J connectivity index is 0.00000110. The van der Waals surface area contributed by atoms with E-state index >= 15 is 0 Å². The Bertz CT molecular complexity index is 541. The molecule has 21 heavy (non-hydrogen) atoms. The molecule has 3 rings (SSSR count). The SMILES string of the molecule is Cl.Cl.OCCn1ncc(-c2ccncc2)c1C1CCCN1. The number of aliphatic hydroxyl groups excluding tert-OH is 1. The lowest BCUT2D eigenvalue weighted by molar-refractivity contribution is 0.265. The van der Waals surface area contributed by atoms with Crippen LogP contribution >= 0.6 is 24.8 Å². The molecular formula is C14H20Cl2N4O. The monoisotopic (exact) mass is 330 g/mol. The van der Waals surface area contributed by atoms with Gasteiger partial charge < -0.3 is 10.4 Å². The third-order valence-corrected chi connectivity index (χ3v) is 3.57. The van der Waals surface area contributed by atoms with E-state index in [0.717, 1.165) is 24.1 Å². The number of nitrogens with zero attached hydrogens (tertiary/aromatic N) is 3. The Morgan fingerprint density at radius 1 is 1.29 bits per heavy atom. The summed E-state index contributed by atoms with van der Waals surface area (Å²) in [6, 6.07) is 4.33. The molecule has 1 atom stereocenters. The van der Waals surface area contributed by atoms with Gasteiger partial charge >= 0.3 is 0 Å². The molecule has 0 spiro atoms. The molecule has 1 saturated heterocycles. The van der Waals surface area contributed by atoms with Crippen molar-refractivity contribution in [3.05, 3.63) is 36.4 Å². The largest absolute Gasteiger partial charge is 0.394 e. The molecule has 116 valence electrons. The highest BCUT2D eigenvalue weighted by molar-refractivity contribution is 5.85. The van der Waals surface area contributed by atoms with Crippen LogP contribution in [0.2, 0.25) is 0 Å². The van der Waals surface area contributed by atoms with E-state index < -0.39 is 0 Å². The smallest absolute Gasteiger partial charge is 0.0644 e. The normalized spacial score (nSPS) is 17.1. The number of halogens is 2. The van der Waals surface area contributed by atoms with Gasteiger partial charge in [0.1, 0.15) is 0 Å². The maximum Gasteiger partial charge on any atom is 0.0644 e. The Hall–Kier alpha value is -1.14. The number of hydrogen-bond donors (Lipinski definition) is 2. The van der Waals surface area contributed by atoms with Crippen molar-refractivity contribution < 1.29 is 5.11 Å². The van der Waals surface area contributed by atoms with Gasteiger partial charge in [0.15, 0.2) is 0 Å². The van der Waals surface area contributed by atoms with Gasteiger partial charge in [-0.1, -0.05) is 0 Å². The Morgan fingerprint density at radius 3 is 2.67 bits per heavy atom. The Labute approximate surface area is 136 Å². The highest BCUT2D eigenvalue weighted by Gasteiger charge is 2.24. The molecular weight excluding hydrogens is 311 g/mol. The molecule has 2 N–H and O–H groups in total. The molecule has 1 unspecified atom stereocenters. The average molecular weight is 331 g/mol. The van der Waals surface area contributed by atoms with Crippen LogP contribution in [0.3, 0.4) is 0 Å². The maximum absolute atomic E-state index is 9.18. The minimum absolute atomic E-state index is 0. The lowest BCUT2D eigenvalue weighted by Crippen LogP contribution is -2.19. The Kier molecular flexibility index (Phi) is 7.11. The van der Waals surface area contributed by atoms with E-state index in [0.29, 0.717) is 12.6 Å². The van der Waals surface area contributed by atoms with E-state index in [4.69, 9.17) is 0 Å². The predicted octanol–water partition coefficient (Wildman–Crippen LogP) is 2.21. The van der Waals surface area contributed by atoms with E-state index in [9.17, 15) is 5.11 Å². The summed E-state index contributed by atoms with van der Waals surface area (Å²) in [4.78, 5) is 4.06. The van der Waals surface area contributed by atoms with E-state index in [2.05, 4.69) is 15.4 Å². The van der Waals surface area contributed by atoms with Crippen molar-refractivity contribution in [2.45, 2.75) is 25.4 Å². The van der Waals surface area contributed by atoms with Gasteiger partial charge in [0.2, 0.25) is 0 Å². The summed E-state index contributed by atoms with van der Waals surface area (Å²) in [6.45, 7) is 1.69. The van der Waals surface area contributed by atoms with E-state index in [1.54, 1.807) is 12.4 Å². The summed E-state index contributed by atoms with van der Waals surface area (Å²) in [5, 5.41) is 17.1. The molecule has 0 radical (unpaired) electrons. The number of aromatic nitrogens is 3. The fourth-order valence-corrected chi connectivity index (χ4v) is 2.71. The van der Waals surface area contributed by atoms with Crippen LogP contribution in [0.4, 0.5) is 0 Å². The minimum atomic E-state index is 0. The highest BCUT2D eigenvalue weighted by Crippen LogP contribution is 2.32. The molecule has 7 heteroatoms. The first-order chi connectivity index (χ1) is 9.40. The standard InChI is InChI=1S/C14H18N4O.2ClH/c19-9-8-18-14(13-2-1-5-16-13)12(10-17-18)11-3-6-15-7-4-11;;/h3-4,6-7,10,13,16,19H,1-2,5,8-9H2;2*1H. The zero-order valence-electron chi connectivity index (χ0n) is 11.6. The molecule has 0 saturated carbocycles. The molecule has 0 bridgehead atoms. The van der Waals surface area contributed by atoms with Gasteiger partial charge in [0, 0.05) is 24.0 Å². The zero-order valence-corrected chi connectivity index (χ0v) is 13.2. The van der Waals surface area contributed by atoms with Crippen molar-refractivity contribution in [2.24, 2.45) is 0 Å². The summed E-state index contributed by atoms with van der Waals surface area (Å²) in [7, 11) is 0. The maximum atomic E-state index is 9.18. The molecule has 2 aromatic heterocycles. The van der Waals surface area contributed by atoms with Crippen molar-refractivity contribution in [3.63, 3.8) is 0 Å². The number of pyridine rings is 1. The van der Waals surface area contributed by atoms with Gasteiger partial charge in [-0.3, -0.25) is 9.67 Å². The van der Waals surface area contributed by atoms with Crippen LogP contribution in [0.15, 0.2) is 30.7 Å². The lowest BCUT2D eigenvalue weighted by Gasteiger charge is -2.15. The third kappa shape index (κ3) is 3.74. The van der Waals surface area contributed by atoms with Crippen molar-refractivity contribution in [3.8, 4) is 11.1 Å². The van der Waals surface area contributed by atoms with Gasteiger partial charge in [-0.15, -0.1) is 24.8 Å². The van der Waals surface area contributed by atoms with Crippen LogP contribution < -0.4 is 5.32 Å². The van der Waals surface area contributed by atoms with E-state index in [1.165, 1.54) is 12.1 Å². The van der Waals surface area contributed by atoms with Crippen molar-refractivity contribution in [2.75, 3.05) is 13.2 Å². The minimum Gasteiger partial charge on any atom is -0.394 e. The van der Waals surface area contributed by atoms with Gasteiger partial charge in [0.05, 0.1) is 25.0 Å². The summed E-state index contributed by atoms with van der Waals surface area (Å²) in [5.41, 5.74) is 3.44. The summed E-state index contributed by atoms with van der Waals surface area (Å²) >= 11 is 0. The quantitative estimate of drug-likeness (QED) is 0.902. The summed E-state index contributed by atoms with van der Waals surface area (Å²) < 4.78 is 1.92. The van der Waals surface area contributed by atoms with Gasteiger partial charge in [-0.05, 0) is 37.1 Å². The topological polar surface area (TPSA) is 63.0 Å². The molecule has 0 aliphatic carbocycles. The molecule has 5 nitrogen and oxygen atoms in total. The summed E-state index contributed by atoms with van der Waals surface area (Å²) in [6.07, 6.45) is 7.79. The van der Waals surface area contributed by atoms with Gasteiger partial charge in [-0.25, -0.2) is 0 Å². The van der Waals surface area contributed by atoms with Gasteiger partial charge in [-0.2, -0.15) is 5.10 Å². The first-order valence-corrected chi connectivity index (χ1v) is 6.70. The number of hydrogen-bond acceptors (Lipinski definition) is 4. The number of nitrogens with one attached hydrogen (secondary N) is 1. The summed E-state index contributed by atoms with van der Waals surface area (Å²) in [5.74, 6) is 0. The van der Waals surface area contributed by atoms with Crippen molar-refractivity contribution >= 4 is 24.8 Å². The van der Waals surface area contributed by atoms with Gasteiger partial charge in [0.25, 0.3) is 0 Å². The van der Waals surface area contributed by atoms with E-state index in [1.807, 2.05) is 23.0 Å². The molecule has 0 aromatic carbocycles. The van der Waals surface area contributed by atoms with Crippen molar-refractivity contribution in [1.29, 1.82) is 0 Å². The molecule has 1 aliphatic rings. The first kappa shape index (κ1) is 17.9. The molecule has 0 amide bonds. The van der Waals surface area contributed by atoms with Crippen LogP contribution in [-0.2, 0) is 6.54 Å². The number of aliphatic hydroxyl groups is 1. The van der Waals surface area contributed by atoms with Crippen LogP contribution in [-0.4, -0.2) is 33.0 Å². The fraction of sp³-hybridized carbons (Fsp3) is 0.429. The highest BCUT2D eigenvalue weighted by atomic mass is 35.5. The second kappa shape index (κ2) is 8.34. The van der Waals surface area contributed by atoms with Crippen LogP contribution in [0.5, 0.6) is 0 Å².